The Morgan fingerprint density at radius 2 is 1.88 bits per heavy atom. The molecule has 0 saturated heterocycles. The number of hydrogen-bond donors (Lipinski definition) is 1. The fourth-order valence-electron chi connectivity index (χ4n) is 1.66. The first kappa shape index (κ1) is 8.97. The van der Waals surface area contributed by atoms with Gasteiger partial charge < -0.3 is 10.2 Å². The predicted octanol–water partition coefficient (Wildman–Crippen LogP) is 3.08. The largest absolute Gasteiger partial charge is 0.454 e. The Bertz CT molecular complexity index is 593. The molecule has 0 spiro atoms. The zero-order chi connectivity index (χ0) is 11.0. The molecule has 2 N–H and O–H groups in total. The van der Waals surface area contributed by atoms with E-state index in [0.717, 1.165) is 28.1 Å². The molecule has 0 aliphatic heterocycles. The summed E-state index contributed by atoms with van der Waals surface area (Å²) in [7, 11) is 0. The van der Waals surface area contributed by atoms with Crippen LogP contribution in [0, 0.1) is 0 Å². The van der Waals surface area contributed by atoms with E-state index >= 15 is 0 Å². The summed E-state index contributed by atoms with van der Waals surface area (Å²) in [6, 6.07) is 13.3. The predicted molar refractivity (Wildman–Crippen MR) is 63.9 cm³/mol. The van der Waals surface area contributed by atoms with Crippen molar-refractivity contribution in [2.45, 2.75) is 0 Å². The molecule has 0 saturated carbocycles. The number of fused-ring (bicyclic) bond motifs is 1. The van der Waals surface area contributed by atoms with Crippen LogP contribution in [-0.2, 0) is 0 Å². The van der Waals surface area contributed by atoms with E-state index in [-0.39, 0.29) is 0 Å². The topological polar surface area (TPSA) is 52.0 Å². The Morgan fingerprint density at radius 1 is 1.06 bits per heavy atom. The van der Waals surface area contributed by atoms with Crippen molar-refractivity contribution in [3.63, 3.8) is 0 Å². The van der Waals surface area contributed by atoms with Crippen molar-refractivity contribution in [1.29, 1.82) is 0 Å². The first-order chi connectivity index (χ1) is 7.83. The Labute approximate surface area is 92.5 Å². The van der Waals surface area contributed by atoms with Crippen LogP contribution in [0.4, 0.5) is 5.69 Å². The van der Waals surface area contributed by atoms with Crippen molar-refractivity contribution in [2.24, 2.45) is 0 Å². The first-order valence-corrected chi connectivity index (χ1v) is 5.03. The van der Waals surface area contributed by atoms with Gasteiger partial charge in [-0.25, -0.2) is 0 Å². The Kier molecular flexibility index (Phi) is 1.90. The molecule has 0 aliphatic rings. The van der Waals surface area contributed by atoms with E-state index in [4.69, 9.17) is 10.2 Å². The van der Waals surface area contributed by atoms with Gasteiger partial charge in [-0.2, -0.15) is 0 Å². The second-order valence-electron chi connectivity index (χ2n) is 3.62. The summed E-state index contributed by atoms with van der Waals surface area (Å²) in [6.07, 6.45) is 1.75. The third kappa shape index (κ3) is 1.42. The lowest BCUT2D eigenvalue weighted by Gasteiger charge is -1.96. The van der Waals surface area contributed by atoms with E-state index in [1.54, 1.807) is 6.20 Å². The molecule has 0 amide bonds. The monoisotopic (exact) mass is 210 g/mol. The average Bonchev–Trinajstić information content (AvgIpc) is 2.73. The number of nitrogen functional groups attached to an aromatic ring is 1. The quantitative estimate of drug-likeness (QED) is 0.628. The fraction of sp³-hybridized carbons (Fsp3) is 0. The summed E-state index contributed by atoms with van der Waals surface area (Å²) < 4.78 is 5.69. The molecular formula is C13H10N2O. The molecule has 0 fully saturated rings. The zero-order valence-electron chi connectivity index (χ0n) is 8.55. The SMILES string of the molecule is Nc1ccc(-c2cc3ncccc3o2)cc1. The molecule has 3 heteroatoms. The number of hydrogen-bond acceptors (Lipinski definition) is 3. The molecule has 3 nitrogen and oxygen atoms in total. The van der Waals surface area contributed by atoms with Crippen molar-refractivity contribution < 1.29 is 4.42 Å². The van der Waals surface area contributed by atoms with E-state index in [1.807, 2.05) is 42.5 Å². The Hall–Kier alpha value is -2.29. The molecule has 0 bridgehead atoms. The zero-order valence-corrected chi connectivity index (χ0v) is 8.55. The number of nitrogens with zero attached hydrogens (tertiary/aromatic N) is 1. The summed E-state index contributed by atoms with van der Waals surface area (Å²) in [5, 5.41) is 0. The summed E-state index contributed by atoms with van der Waals surface area (Å²) in [5.41, 5.74) is 9.06. The third-order valence-corrected chi connectivity index (χ3v) is 2.48. The Balaban J connectivity index is 2.15. The highest BCUT2D eigenvalue weighted by atomic mass is 16.3. The summed E-state index contributed by atoms with van der Waals surface area (Å²) in [5.74, 6) is 0.814. The minimum Gasteiger partial charge on any atom is -0.454 e. The van der Waals surface area contributed by atoms with Crippen molar-refractivity contribution in [3.05, 3.63) is 48.7 Å². The Morgan fingerprint density at radius 3 is 2.62 bits per heavy atom. The number of benzene rings is 1. The van der Waals surface area contributed by atoms with E-state index < -0.39 is 0 Å². The highest BCUT2D eigenvalue weighted by molar-refractivity contribution is 5.79. The minimum atomic E-state index is 0.748. The highest BCUT2D eigenvalue weighted by Crippen LogP contribution is 2.26. The maximum Gasteiger partial charge on any atom is 0.153 e. The fourth-order valence-corrected chi connectivity index (χ4v) is 1.66. The van der Waals surface area contributed by atoms with Crippen LogP contribution in [0.2, 0.25) is 0 Å². The minimum absolute atomic E-state index is 0.748. The number of rotatable bonds is 1. The first-order valence-electron chi connectivity index (χ1n) is 5.03. The van der Waals surface area contributed by atoms with Gasteiger partial charge in [0.05, 0.1) is 0 Å². The third-order valence-electron chi connectivity index (χ3n) is 2.48. The van der Waals surface area contributed by atoms with Crippen molar-refractivity contribution >= 4 is 16.8 Å². The normalized spacial score (nSPS) is 10.8. The molecular weight excluding hydrogens is 200 g/mol. The van der Waals surface area contributed by atoms with E-state index in [1.165, 1.54) is 0 Å². The number of aromatic nitrogens is 1. The van der Waals surface area contributed by atoms with Crippen molar-refractivity contribution in [3.8, 4) is 11.3 Å². The van der Waals surface area contributed by atoms with Crippen LogP contribution in [0.3, 0.4) is 0 Å². The summed E-state index contributed by atoms with van der Waals surface area (Å²) in [6.45, 7) is 0. The van der Waals surface area contributed by atoms with Gasteiger partial charge in [0.2, 0.25) is 0 Å². The lowest BCUT2D eigenvalue weighted by Crippen LogP contribution is -1.82. The second kappa shape index (κ2) is 3.38. The molecule has 0 radical (unpaired) electrons. The van der Waals surface area contributed by atoms with E-state index in [9.17, 15) is 0 Å². The second-order valence-corrected chi connectivity index (χ2v) is 3.62. The maximum absolute atomic E-state index is 5.69. The molecule has 2 aromatic heterocycles. The summed E-state index contributed by atoms with van der Waals surface area (Å²) >= 11 is 0. The molecule has 3 rings (SSSR count). The number of furan rings is 1. The number of anilines is 1. The lowest BCUT2D eigenvalue weighted by molar-refractivity contribution is 0.631. The maximum atomic E-state index is 5.69. The lowest BCUT2D eigenvalue weighted by atomic mass is 10.1. The van der Waals surface area contributed by atoms with Gasteiger partial charge >= 0.3 is 0 Å². The van der Waals surface area contributed by atoms with Gasteiger partial charge in [-0.05, 0) is 36.4 Å². The van der Waals surface area contributed by atoms with Gasteiger partial charge in [0.1, 0.15) is 11.3 Å². The molecule has 1 aromatic carbocycles. The van der Waals surface area contributed by atoms with Crippen LogP contribution in [0.1, 0.15) is 0 Å². The van der Waals surface area contributed by atoms with Gasteiger partial charge in [0, 0.05) is 23.5 Å². The molecule has 2 heterocycles. The molecule has 3 aromatic rings. The number of pyridine rings is 1. The van der Waals surface area contributed by atoms with Gasteiger partial charge in [-0.3, -0.25) is 4.98 Å². The molecule has 0 unspecified atom stereocenters. The van der Waals surface area contributed by atoms with Crippen LogP contribution in [0.15, 0.2) is 53.1 Å². The van der Waals surface area contributed by atoms with Gasteiger partial charge in [0.25, 0.3) is 0 Å². The number of nitrogens with two attached hydrogens (primary N) is 1. The van der Waals surface area contributed by atoms with Crippen LogP contribution in [0.25, 0.3) is 22.4 Å². The molecule has 0 aliphatic carbocycles. The van der Waals surface area contributed by atoms with Crippen LogP contribution < -0.4 is 5.73 Å². The standard InChI is InChI=1S/C13H10N2O/c14-10-5-3-9(4-6-10)13-8-11-12(16-13)2-1-7-15-11/h1-8H,14H2. The van der Waals surface area contributed by atoms with Crippen molar-refractivity contribution in [2.75, 3.05) is 5.73 Å². The van der Waals surface area contributed by atoms with Crippen LogP contribution in [0.5, 0.6) is 0 Å². The van der Waals surface area contributed by atoms with Crippen LogP contribution in [-0.4, -0.2) is 4.98 Å². The molecule has 78 valence electrons. The van der Waals surface area contributed by atoms with Gasteiger partial charge in [-0.1, -0.05) is 0 Å². The molecule has 0 atom stereocenters. The van der Waals surface area contributed by atoms with Crippen molar-refractivity contribution in [1.82, 2.24) is 4.98 Å². The average molecular weight is 210 g/mol. The summed E-state index contributed by atoms with van der Waals surface area (Å²) in [4.78, 5) is 4.23. The van der Waals surface area contributed by atoms with Crippen LogP contribution >= 0.6 is 0 Å². The van der Waals surface area contributed by atoms with E-state index in [2.05, 4.69) is 4.98 Å². The van der Waals surface area contributed by atoms with Gasteiger partial charge in [0.15, 0.2) is 5.58 Å². The molecule has 16 heavy (non-hydrogen) atoms. The van der Waals surface area contributed by atoms with E-state index in [0.29, 0.717) is 0 Å². The highest BCUT2D eigenvalue weighted by Gasteiger charge is 2.05. The smallest absolute Gasteiger partial charge is 0.153 e. The van der Waals surface area contributed by atoms with Gasteiger partial charge in [-0.15, -0.1) is 0 Å².